The first-order valence-electron chi connectivity index (χ1n) is 13.1. The number of ether oxygens (including phenoxy) is 2. The van der Waals surface area contributed by atoms with Crippen molar-refractivity contribution in [2.45, 2.75) is 45.9 Å². The third-order valence-electron chi connectivity index (χ3n) is 6.79. The number of carbonyl (C=O) groups excluding carboxylic acids is 2. The van der Waals surface area contributed by atoms with Crippen LogP contribution in [0.4, 0.5) is 0 Å². The summed E-state index contributed by atoms with van der Waals surface area (Å²) in [5.74, 6) is 0.910. The van der Waals surface area contributed by atoms with Crippen molar-refractivity contribution in [3.8, 4) is 11.5 Å². The second-order valence-electron chi connectivity index (χ2n) is 9.42. The molecule has 0 fully saturated rings. The number of hydrogen-bond donors (Lipinski definition) is 1. The molecule has 1 aliphatic heterocycles. The summed E-state index contributed by atoms with van der Waals surface area (Å²) in [5.41, 5.74) is 1.35. The van der Waals surface area contributed by atoms with Gasteiger partial charge in [-0.3, -0.25) is 23.5 Å². The molecule has 2 amide bonds. The summed E-state index contributed by atoms with van der Waals surface area (Å²) >= 11 is 1.23. The van der Waals surface area contributed by atoms with Gasteiger partial charge in [-0.15, -0.1) is 11.3 Å². The fraction of sp³-hybridized carbons (Fsp3) is 0.310. The molecule has 1 N–H and O–H groups in total. The first-order chi connectivity index (χ1) is 19.4. The highest BCUT2D eigenvalue weighted by atomic mass is 32.1. The van der Waals surface area contributed by atoms with E-state index in [-0.39, 0.29) is 38.1 Å². The first kappa shape index (κ1) is 27.2. The zero-order chi connectivity index (χ0) is 28.1. The fourth-order valence-corrected chi connectivity index (χ4v) is 5.48. The number of carbonyl (C=O) groups is 2. The van der Waals surface area contributed by atoms with Crippen LogP contribution in [0.1, 0.15) is 30.9 Å². The zero-order valence-corrected chi connectivity index (χ0v) is 22.9. The Bertz CT molecular complexity index is 1640. The van der Waals surface area contributed by atoms with Gasteiger partial charge in [0.25, 0.3) is 5.56 Å². The second-order valence-corrected chi connectivity index (χ2v) is 10.3. The number of amides is 2. The maximum atomic E-state index is 13.4. The standard InChI is InChI=1S/C29H30N4O6S/c1-2-31(17-20-7-4-3-5-8-20)26(35)18-33-22-12-14-40-27(22)28(36)32(29(33)37)13-6-9-25(34)30-16-21-10-11-23-24(15-21)39-19-38-23/h3-5,7-8,10-12,14-15H,2,6,9,13,16-19H2,1H3,(H,30,34). The predicted molar refractivity (Wildman–Crippen MR) is 152 cm³/mol. The number of aromatic nitrogens is 2. The van der Waals surface area contributed by atoms with E-state index in [1.54, 1.807) is 22.4 Å². The molecule has 0 unspecified atom stereocenters. The van der Waals surface area contributed by atoms with Crippen LogP contribution >= 0.6 is 11.3 Å². The Kier molecular flexibility index (Phi) is 8.30. The Balaban J connectivity index is 1.24. The molecule has 10 nitrogen and oxygen atoms in total. The van der Waals surface area contributed by atoms with Gasteiger partial charge in [-0.1, -0.05) is 36.4 Å². The molecule has 1 aliphatic rings. The molecular weight excluding hydrogens is 532 g/mol. The van der Waals surface area contributed by atoms with Gasteiger partial charge in [-0.25, -0.2) is 4.79 Å². The molecular formula is C29H30N4O6S. The number of likely N-dealkylation sites (N-methyl/N-ethyl adjacent to an activating group) is 1. The van der Waals surface area contributed by atoms with Gasteiger partial charge in [0.05, 0.1) is 5.52 Å². The lowest BCUT2D eigenvalue weighted by atomic mass is 10.2. The van der Waals surface area contributed by atoms with Crippen LogP contribution in [-0.2, 0) is 35.8 Å². The summed E-state index contributed by atoms with van der Waals surface area (Å²) in [6.45, 7) is 3.20. The van der Waals surface area contributed by atoms with Crippen molar-refractivity contribution >= 4 is 33.4 Å². The minimum absolute atomic E-state index is 0.0681. The molecule has 0 saturated carbocycles. The van der Waals surface area contributed by atoms with Crippen molar-refractivity contribution in [1.82, 2.24) is 19.4 Å². The van der Waals surface area contributed by atoms with E-state index >= 15 is 0 Å². The van der Waals surface area contributed by atoms with E-state index in [0.717, 1.165) is 15.7 Å². The highest BCUT2D eigenvalue weighted by Crippen LogP contribution is 2.32. The number of fused-ring (bicyclic) bond motifs is 2. The molecule has 208 valence electrons. The van der Waals surface area contributed by atoms with Crippen molar-refractivity contribution in [2.24, 2.45) is 0 Å². The number of thiophene rings is 1. The van der Waals surface area contributed by atoms with Crippen LogP contribution in [0.15, 0.2) is 69.6 Å². The molecule has 0 radical (unpaired) electrons. The maximum absolute atomic E-state index is 13.4. The normalized spacial score (nSPS) is 12.0. The third kappa shape index (κ3) is 5.94. The summed E-state index contributed by atoms with van der Waals surface area (Å²) in [6.07, 6.45) is 0.431. The van der Waals surface area contributed by atoms with Gasteiger partial charge in [-0.2, -0.15) is 0 Å². The minimum atomic E-state index is -0.555. The van der Waals surface area contributed by atoms with Crippen LogP contribution in [-0.4, -0.2) is 39.2 Å². The minimum Gasteiger partial charge on any atom is -0.454 e. The van der Waals surface area contributed by atoms with Crippen LogP contribution in [0.3, 0.4) is 0 Å². The van der Waals surface area contributed by atoms with E-state index in [1.807, 2.05) is 49.4 Å². The van der Waals surface area contributed by atoms with Crippen molar-refractivity contribution in [1.29, 1.82) is 0 Å². The topological polar surface area (TPSA) is 112 Å². The van der Waals surface area contributed by atoms with Crippen LogP contribution in [0.25, 0.3) is 10.2 Å². The van der Waals surface area contributed by atoms with E-state index in [9.17, 15) is 19.2 Å². The van der Waals surface area contributed by atoms with Gasteiger partial charge in [0.2, 0.25) is 18.6 Å². The lowest BCUT2D eigenvalue weighted by Gasteiger charge is -2.22. The Labute approximate surface area is 234 Å². The Morgan fingerprint density at radius 3 is 2.60 bits per heavy atom. The van der Waals surface area contributed by atoms with Crippen molar-refractivity contribution in [3.63, 3.8) is 0 Å². The van der Waals surface area contributed by atoms with Gasteiger partial charge in [-0.05, 0) is 48.1 Å². The number of hydrogen-bond acceptors (Lipinski definition) is 7. The quantitative estimate of drug-likeness (QED) is 0.301. The largest absolute Gasteiger partial charge is 0.454 e. The van der Waals surface area contributed by atoms with Crippen LogP contribution in [0.2, 0.25) is 0 Å². The summed E-state index contributed by atoms with van der Waals surface area (Å²) in [4.78, 5) is 53.9. The monoisotopic (exact) mass is 562 g/mol. The Hall–Kier alpha value is -4.38. The van der Waals surface area contributed by atoms with E-state index in [1.165, 1.54) is 15.9 Å². The van der Waals surface area contributed by atoms with E-state index < -0.39 is 11.2 Å². The number of rotatable bonds is 11. The second kappa shape index (κ2) is 12.2. The first-order valence-corrected chi connectivity index (χ1v) is 14.0. The average molecular weight is 563 g/mol. The average Bonchev–Trinajstić information content (AvgIpc) is 3.65. The summed E-state index contributed by atoms with van der Waals surface area (Å²) in [5, 5.41) is 4.59. The lowest BCUT2D eigenvalue weighted by Crippen LogP contribution is -2.43. The van der Waals surface area contributed by atoms with Crippen LogP contribution in [0, 0.1) is 0 Å². The molecule has 11 heteroatoms. The van der Waals surface area contributed by atoms with E-state index in [2.05, 4.69) is 5.32 Å². The van der Waals surface area contributed by atoms with Gasteiger partial charge in [0.15, 0.2) is 11.5 Å². The molecule has 0 aliphatic carbocycles. The fourth-order valence-electron chi connectivity index (χ4n) is 4.64. The number of nitrogens with one attached hydrogen (secondary N) is 1. The van der Waals surface area contributed by atoms with E-state index in [4.69, 9.17) is 9.47 Å². The summed E-state index contributed by atoms with van der Waals surface area (Å²) < 4.78 is 13.6. The van der Waals surface area contributed by atoms with Crippen molar-refractivity contribution in [2.75, 3.05) is 13.3 Å². The highest BCUT2D eigenvalue weighted by Gasteiger charge is 2.20. The van der Waals surface area contributed by atoms with Gasteiger partial charge < -0.3 is 19.7 Å². The molecule has 2 aromatic heterocycles. The summed E-state index contributed by atoms with van der Waals surface area (Å²) in [7, 11) is 0. The molecule has 3 heterocycles. The van der Waals surface area contributed by atoms with Gasteiger partial charge in [0, 0.05) is 32.6 Å². The zero-order valence-electron chi connectivity index (χ0n) is 22.1. The highest BCUT2D eigenvalue weighted by molar-refractivity contribution is 7.17. The van der Waals surface area contributed by atoms with Crippen LogP contribution in [0.5, 0.6) is 11.5 Å². The lowest BCUT2D eigenvalue weighted by molar-refractivity contribution is -0.132. The van der Waals surface area contributed by atoms with Crippen molar-refractivity contribution < 1.29 is 19.1 Å². The molecule has 0 spiro atoms. The number of nitrogens with zero attached hydrogens (tertiary/aromatic N) is 3. The number of benzene rings is 2. The van der Waals surface area contributed by atoms with Crippen molar-refractivity contribution in [3.05, 3.63) is 91.9 Å². The van der Waals surface area contributed by atoms with E-state index in [0.29, 0.717) is 47.8 Å². The van der Waals surface area contributed by atoms with Gasteiger partial charge in [0.1, 0.15) is 11.2 Å². The molecule has 0 atom stereocenters. The Morgan fingerprint density at radius 2 is 1.80 bits per heavy atom. The SMILES string of the molecule is CCN(Cc1ccccc1)C(=O)Cn1c(=O)n(CCCC(=O)NCc2ccc3c(c2)OCO3)c(=O)c2sccc21. The van der Waals surface area contributed by atoms with Gasteiger partial charge >= 0.3 is 5.69 Å². The predicted octanol–water partition coefficient (Wildman–Crippen LogP) is 3.10. The smallest absolute Gasteiger partial charge is 0.332 e. The molecule has 5 rings (SSSR count). The summed E-state index contributed by atoms with van der Waals surface area (Å²) in [6, 6.07) is 16.8. The molecule has 0 bridgehead atoms. The molecule has 2 aromatic carbocycles. The molecule has 0 saturated heterocycles. The maximum Gasteiger partial charge on any atom is 0.332 e. The molecule has 40 heavy (non-hydrogen) atoms. The molecule has 4 aromatic rings. The Morgan fingerprint density at radius 1 is 1.00 bits per heavy atom. The third-order valence-corrected chi connectivity index (χ3v) is 7.68. The van der Waals surface area contributed by atoms with Crippen LogP contribution < -0.4 is 26.0 Å².